The largest absolute Gasteiger partial charge is 0.480 e. The first-order valence-corrected chi connectivity index (χ1v) is 5.83. The second kappa shape index (κ2) is 20.0. The summed E-state index contributed by atoms with van der Waals surface area (Å²) in [6.07, 6.45) is -4.45. The summed E-state index contributed by atoms with van der Waals surface area (Å²) in [6.45, 7) is -0.616. The predicted molar refractivity (Wildman–Crippen MR) is 89.2 cm³/mol. The Balaban J connectivity index is -0.000000367. The van der Waals surface area contributed by atoms with Crippen LogP contribution in [0, 0.1) is 0 Å². The minimum atomic E-state index is -2.22. The Morgan fingerprint density at radius 3 is 0.962 bits per heavy atom. The standard InChI is InChI=1S/C10H16N2O10.4Na/c13-5(9(19)20)3(7(15)16)11-1-2-12-4(8(17)18)6(14)10(21)22;;;;/h3-6,11-14H,1-2H2,(H,15,16)(H,17,18)(H,19,20)(H,21,22);;;;. The van der Waals surface area contributed by atoms with Gasteiger partial charge in [-0.2, -0.15) is 0 Å². The van der Waals surface area contributed by atoms with Gasteiger partial charge in [-0.25, -0.2) is 9.59 Å². The number of carboxylic acids is 4. The van der Waals surface area contributed by atoms with Gasteiger partial charge < -0.3 is 41.3 Å². The van der Waals surface area contributed by atoms with Crippen molar-refractivity contribution in [1.29, 1.82) is 0 Å². The Labute approximate surface area is 236 Å². The minimum absolute atomic E-state index is 0. The molecule has 8 N–H and O–H groups in total. The van der Waals surface area contributed by atoms with Crippen LogP contribution in [-0.4, -0.2) is 210 Å². The molecule has 0 aromatic rings. The van der Waals surface area contributed by atoms with E-state index in [1.807, 2.05) is 0 Å². The van der Waals surface area contributed by atoms with Crippen LogP contribution >= 0.6 is 0 Å². The molecule has 16 heteroatoms. The summed E-state index contributed by atoms with van der Waals surface area (Å²) < 4.78 is 0. The average Bonchev–Trinajstić information content (AvgIpc) is 2.40. The van der Waals surface area contributed by atoms with E-state index in [1.165, 1.54) is 0 Å². The topological polar surface area (TPSA) is 214 Å². The van der Waals surface area contributed by atoms with E-state index in [4.69, 9.17) is 30.6 Å². The number of nitrogens with one attached hydrogen (secondary N) is 2. The van der Waals surface area contributed by atoms with Gasteiger partial charge in [0.15, 0.2) is 12.2 Å². The maximum absolute atomic E-state index is 10.8. The Bertz CT molecular complexity index is 416. The fraction of sp³-hybridized carbons (Fsp3) is 0.600. The molecule has 0 aromatic carbocycles. The van der Waals surface area contributed by atoms with Gasteiger partial charge in [0.2, 0.25) is 0 Å². The van der Waals surface area contributed by atoms with Crippen LogP contribution in [0.2, 0.25) is 0 Å². The molecule has 0 aliphatic carbocycles. The van der Waals surface area contributed by atoms with Crippen molar-refractivity contribution in [2.24, 2.45) is 0 Å². The third-order valence-corrected chi connectivity index (χ3v) is 2.52. The smallest absolute Gasteiger partial charge is 0.334 e. The van der Waals surface area contributed by atoms with E-state index in [1.54, 1.807) is 0 Å². The molecule has 26 heavy (non-hydrogen) atoms. The zero-order chi connectivity index (χ0) is 17.4. The first kappa shape index (κ1) is 38.3. The fourth-order valence-electron chi connectivity index (χ4n) is 1.41. The van der Waals surface area contributed by atoms with Crippen molar-refractivity contribution in [2.75, 3.05) is 13.1 Å². The van der Waals surface area contributed by atoms with Gasteiger partial charge in [0.1, 0.15) is 12.1 Å². The van der Waals surface area contributed by atoms with Crippen molar-refractivity contribution in [3.63, 3.8) is 0 Å². The van der Waals surface area contributed by atoms with E-state index in [0.717, 1.165) is 0 Å². The molecule has 0 aromatic heterocycles. The molecule has 4 radical (unpaired) electrons. The molecule has 0 aliphatic rings. The molecule has 0 heterocycles. The monoisotopic (exact) mass is 416 g/mol. The van der Waals surface area contributed by atoms with Gasteiger partial charge in [-0.3, -0.25) is 9.59 Å². The zero-order valence-corrected chi connectivity index (χ0v) is 23.0. The van der Waals surface area contributed by atoms with E-state index >= 15 is 0 Å². The summed E-state index contributed by atoms with van der Waals surface area (Å²) in [5.41, 5.74) is 0. The van der Waals surface area contributed by atoms with Crippen LogP contribution < -0.4 is 10.6 Å². The van der Waals surface area contributed by atoms with E-state index in [2.05, 4.69) is 10.6 Å². The van der Waals surface area contributed by atoms with E-state index < -0.39 is 48.2 Å². The maximum atomic E-state index is 10.8. The second-order valence-corrected chi connectivity index (χ2v) is 4.11. The molecule has 12 nitrogen and oxygen atoms in total. The summed E-state index contributed by atoms with van der Waals surface area (Å²) in [5.74, 6) is -6.82. The zero-order valence-electron chi connectivity index (χ0n) is 15.0. The molecule has 4 unspecified atom stereocenters. The molecule has 0 fully saturated rings. The third kappa shape index (κ3) is 14.7. The summed E-state index contributed by atoms with van der Waals surface area (Å²) in [6, 6.07) is -3.68. The van der Waals surface area contributed by atoms with Crippen LogP contribution in [0.3, 0.4) is 0 Å². The minimum Gasteiger partial charge on any atom is -0.480 e. The SMILES string of the molecule is O=C(O)C(O)C(NCCNC(C(=O)O)C(O)C(=O)O)C(=O)O.[Na].[Na].[Na].[Na]. The summed E-state index contributed by atoms with van der Waals surface area (Å²) in [7, 11) is 0. The quantitative estimate of drug-likeness (QED) is 0.117. The van der Waals surface area contributed by atoms with Gasteiger partial charge in [0.25, 0.3) is 0 Å². The first-order chi connectivity index (χ1) is 10.1. The second-order valence-electron chi connectivity index (χ2n) is 4.11. The first-order valence-electron chi connectivity index (χ1n) is 5.83. The van der Waals surface area contributed by atoms with Crippen molar-refractivity contribution in [1.82, 2.24) is 10.6 Å². The Morgan fingerprint density at radius 1 is 0.577 bits per heavy atom. The normalized spacial score (nSPS) is 13.8. The van der Waals surface area contributed by atoms with Crippen molar-refractivity contribution in [3.05, 3.63) is 0 Å². The van der Waals surface area contributed by atoms with E-state index in [-0.39, 0.29) is 131 Å². The maximum Gasteiger partial charge on any atom is 0.334 e. The summed E-state index contributed by atoms with van der Waals surface area (Å²) in [4.78, 5) is 42.5. The number of aliphatic hydroxyl groups is 2. The van der Waals surface area contributed by atoms with Gasteiger partial charge in [0.05, 0.1) is 0 Å². The fourth-order valence-corrected chi connectivity index (χ4v) is 1.41. The van der Waals surface area contributed by atoms with Crippen LogP contribution in [0.1, 0.15) is 0 Å². The number of aliphatic hydroxyl groups excluding tert-OH is 2. The summed E-state index contributed by atoms with van der Waals surface area (Å²) in [5, 5.41) is 57.1. The molecular formula is C10H16N2Na4O10. The van der Waals surface area contributed by atoms with Crippen LogP contribution in [0.4, 0.5) is 0 Å². The summed E-state index contributed by atoms with van der Waals surface area (Å²) >= 11 is 0. The van der Waals surface area contributed by atoms with Crippen molar-refractivity contribution in [3.8, 4) is 0 Å². The third-order valence-electron chi connectivity index (χ3n) is 2.52. The molecule has 0 rings (SSSR count). The molecule has 0 bridgehead atoms. The van der Waals surface area contributed by atoms with E-state index in [0.29, 0.717) is 0 Å². The number of hydrogen-bond donors (Lipinski definition) is 8. The molecule has 4 atom stereocenters. The van der Waals surface area contributed by atoms with E-state index in [9.17, 15) is 19.2 Å². The van der Waals surface area contributed by atoms with Gasteiger partial charge in [0, 0.05) is 131 Å². The van der Waals surface area contributed by atoms with Crippen molar-refractivity contribution in [2.45, 2.75) is 24.3 Å². The molecular weight excluding hydrogens is 400 g/mol. The molecule has 0 aliphatic heterocycles. The van der Waals surface area contributed by atoms with Crippen molar-refractivity contribution >= 4 is 142 Å². The molecule has 0 spiro atoms. The van der Waals surface area contributed by atoms with Crippen LogP contribution in [-0.2, 0) is 19.2 Å². The Morgan fingerprint density at radius 2 is 0.808 bits per heavy atom. The van der Waals surface area contributed by atoms with Crippen LogP contribution in [0.5, 0.6) is 0 Å². The molecule has 130 valence electrons. The molecule has 0 saturated heterocycles. The number of hydrogen-bond acceptors (Lipinski definition) is 8. The predicted octanol–water partition coefficient (Wildman–Crippen LogP) is -5.56. The van der Waals surface area contributed by atoms with Crippen LogP contribution in [0.25, 0.3) is 0 Å². The number of aliphatic carboxylic acids is 4. The average molecular weight is 416 g/mol. The molecule has 0 saturated carbocycles. The number of carbonyl (C=O) groups is 4. The number of rotatable bonds is 11. The van der Waals surface area contributed by atoms with Gasteiger partial charge >= 0.3 is 23.9 Å². The van der Waals surface area contributed by atoms with Crippen LogP contribution in [0.15, 0.2) is 0 Å². The van der Waals surface area contributed by atoms with Gasteiger partial charge in [-0.05, 0) is 0 Å². The Kier molecular flexibility index (Phi) is 29.5. The van der Waals surface area contributed by atoms with Gasteiger partial charge in [-0.1, -0.05) is 0 Å². The molecule has 0 amide bonds. The Hall–Kier alpha value is 1.72. The van der Waals surface area contributed by atoms with Gasteiger partial charge in [-0.15, -0.1) is 0 Å². The van der Waals surface area contributed by atoms with Crippen molar-refractivity contribution < 1.29 is 49.8 Å². The number of carboxylic acid groups (broad SMARTS) is 4.